The number of rotatable bonds is 2. The Labute approximate surface area is 153 Å². The highest BCUT2D eigenvalue weighted by atomic mass is 19.1. The number of anilines is 1. The van der Waals surface area contributed by atoms with Gasteiger partial charge in [0.05, 0.1) is 5.57 Å². The molecule has 2 heterocycles. The van der Waals surface area contributed by atoms with Gasteiger partial charge in [-0.3, -0.25) is 9.59 Å². The zero-order valence-electron chi connectivity index (χ0n) is 16.1. The van der Waals surface area contributed by atoms with Crippen LogP contribution in [0.3, 0.4) is 0 Å². The Balaban J connectivity index is 0.000000615. The molecule has 3 N–H and O–H groups in total. The second-order valence-electron chi connectivity index (χ2n) is 5.52. The van der Waals surface area contributed by atoms with E-state index in [-0.39, 0.29) is 5.91 Å². The van der Waals surface area contributed by atoms with E-state index in [4.69, 9.17) is 0 Å². The number of nitrogens with one attached hydrogen (secondary N) is 3. The molecule has 26 heavy (non-hydrogen) atoms. The van der Waals surface area contributed by atoms with Crippen LogP contribution in [0, 0.1) is 19.7 Å². The van der Waals surface area contributed by atoms with Crippen molar-refractivity contribution in [1.29, 1.82) is 0 Å². The third-order valence-electron chi connectivity index (χ3n) is 3.71. The summed E-state index contributed by atoms with van der Waals surface area (Å²) in [6, 6.07) is 4.16. The molecule has 0 atom stereocenters. The fraction of sp³-hybridized carbons (Fsp3) is 0.300. The number of carbonyl (C=O) groups excluding carboxylic acids is 2. The van der Waals surface area contributed by atoms with E-state index in [9.17, 15) is 14.0 Å². The minimum Gasteiger partial charge on any atom is -0.358 e. The first-order valence-electron chi connectivity index (χ1n) is 8.48. The van der Waals surface area contributed by atoms with Gasteiger partial charge in [0.1, 0.15) is 5.82 Å². The van der Waals surface area contributed by atoms with Crippen LogP contribution in [0.15, 0.2) is 18.2 Å². The van der Waals surface area contributed by atoms with Crippen LogP contribution in [0.5, 0.6) is 0 Å². The predicted octanol–water partition coefficient (Wildman–Crippen LogP) is 3.94. The van der Waals surface area contributed by atoms with E-state index in [1.807, 2.05) is 27.9 Å². The lowest BCUT2D eigenvalue weighted by molar-refractivity contribution is -0.110. The average molecular weight is 359 g/mol. The van der Waals surface area contributed by atoms with Crippen molar-refractivity contribution in [3.8, 4) is 0 Å². The van der Waals surface area contributed by atoms with Crippen molar-refractivity contribution in [3.63, 3.8) is 0 Å². The van der Waals surface area contributed by atoms with E-state index in [0.29, 0.717) is 28.1 Å². The Morgan fingerprint density at radius 1 is 1.15 bits per heavy atom. The van der Waals surface area contributed by atoms with E-state index in [1.165, 1.54) is 18.2 Å². The van der Waals surface area contributed by atoms with Crippen LogP contribution in [0.4, 0.5) is 10.1 Å². The minimum atomic E-state index is -0.399. The first-order chi connectivity index (χ1) is 12.4. The van der Waals surface area contributed by atoms with Crippen molar-refractivity contribution < 1.29 is 14.0 Å². The molecule has 1 aromatic carbocycles. The van der Waals surface area contributed by atoms with Crippen LogP contribution >= 0.6 is 0 Å². The summed E-state index contributed by atoms with van der Waals surface area (Å²) in [5.41, 5.74) is 4.27. The van der Waals surface area contributed by atoms with E-state index >= 15 is 0 Å². The zero-order chi connectivity index (χ0) is 19.9. The lowest BCUT2D eigenvalue weighted by Gasteiger charge is -1.99. The molecule has 0 saturated heterocycles. The van der Waals surface area contributed by atoms with Crippen LogP contribution < -0.4 is 10.6 Å². The Morgan fingerprint density at radius 3 is 2.31 bits per heavy atom. The molecule has 0 spiro atoms. The van der Waals surface area contributed by atoms with Gasteiger partial charge in [0.25, 0.3) is 5.91 Å². The van der Waals surface area contributed by atoms with Crippen molar-refractivity contribution in [2.75, 3.05) is 19.4 Å². The van der Waals surface area contributed by atoms with Crippen molar-refractivity contribution >= 4 is 29.5 Å². The molecule has 0 radical (unpaired) electrons. The molecule has 2 aromatic rings. The SMILES string of the molecule is CC.CNC.Cc1[nH]c(/C=C2\C(=O)Nc3ccc(F)cc32)c(C)c1C=O. The highest BCUT2D eigenvalue weighted by molar-refractivity contribution is 6.34. The summed E-state index contributed by atoms with van der Waals surface area (Å²) in [5.74, 6) is -0.681. The molecule has 5 nitrogen and oxygen atoms in total. The number of aldehydes is 1. The summed E-state index contributed by atoms with van der Waals surface area (Å²) in [6.07, 6.45) is 2.43. The van der Waals surface area contributed by atoms with Gasteiger partial charge in [-0.25, -0.2) is 4.39 Å². The molecular weight excluding hydrogens is 333 g/mol. The van der Waals surface area contributed by atoms with Crippen LogP contribution in [-0.2, 0) is 4.79 Å². The van der Waals surface area contributed by atoms with Gasteiger partial charge in [0.15, 0.2) is 6.29 Å². The second kappa shape index (κ2) is 9.68. The maximum atomic E-state index is 13.4. The van der Waals surface area contributed by atoms with Crippen molar-refractivity contribution in [1.82, 2.24) is 10.3 Å². The highest BCUT2D eigenvalue weighted by Gasteiger charge is 2.25. The molecule has 0 bridgehead atoms. The molecule has 0 aliphatic carbocycles. The standard InChI is InChI=1S/C16H13FN2O2.C2H7N.C2H6/c1-8-13(7-20)9(2)18-15(8)6-12-11-5-10(17)3-4-14(11)19-16(12)21;1-3-2;1-2/h3-7,18H,1-2H3,(H,19,21);3H,1-2H3;1-2H3/b12-6-;;. The van der Waals surface area contributed by atoms with Crippen molar-refractivity contribution in [3.05, 3.63) is 52.1 Å². The summed E-state index contributed by atoms with van der Waals surface area (Å²) in [7, 11) is 3.75. The summed E-state index contributed by atoms with van der Waals surface area (Å²) in [5, 5.41) is 5.44. The average Bonchev–Trinajstić information content (AvgIpc) is 3.07. The number of benzene rings is 1. The topological polar surface area (TPSA) is 74.0 Å². The van der Waals surface area contributed by atoms with Gasteiger partial charge in [-0.1, -0.05) is 13.8 Å². The molecule has 0 fully saturated rings. The number of fused-ring (bicyclic) bond motifs is 1. The van der Waals surface area contributed by atoms with Gasteiger partial charge in [0, 0.05) is 28.2 Å². The largest absolute Gasteiger partial charge is 0.358 e. The van der Waals surface area contributed by atoms with E-state index in [1.54, 1.807) is 19.9 Å². The van der Waals surface area contributed by atoms with Crippen LogP contribution in [0.2, 0.25) is 0 Å². The third-order valence-corrected chi connectivity index (χ3v) is 3.71. The van der Waals surface area contributed by atoms with Crippen LogP contribution in [0.25, 0.3) is 11.6 Å². The summed E-state index contributed by atoms with van der Waals surface area (Å²) >= 11 is 0. The van der Waals surface area contributed by atoms with Crippen molar-refractivity contribution in [2.24, 2.45) is 0 Å². The number of aromatic amines is 1. The van der Waals surface area contributed by atoms with Gasteiger partial charge < -0.3 is 15.6 Å². The first kappa shape index (κ1) is 21.3. The number of hydrogen-bond acceptors (Lipinski definition) is 3. The van der Waals surface area contributed by atoms with Crippen LogP contribution in [0.1, 0.15) is 46.7 Å². The molecule has 1 aliphatic rings. The minimum absolute atomic E-state index is 0.282. The smallest absolute Gasteiger partial charge is 0.256 e. The van der Waals surface area contributed by atoms with Gasteiger partial charge in [-0.05, 0) is 57.8 Å². The van der Waals surface area contributed by atoms with Gasteiger partial charge in [0.2, 0.25) is 0 Å². The molecule has 1 aliphatic heterocycles. The maximum absolute atomic E-state index is 13.4. The van der Waals surface area contributed by atoms with E-state index in [0.717, 1.165) is 17.5 Å². The number of H-pyrrole nitrogens is 1. The number of carbonyl (C=O) groups is 2. The second-order valence-corrected chi connectivity index (χ2v) is 5.52. The highest BCUT2D eigenvalue weighted by Crippen LogP contribution is 2.34. The number of aromatic nitrogens is 1. The molecule has 0 unspecified atom stereocenters. The molecule has 6 heteroatoms. The Hall–Kier alpha value is -2.73. The summed E-state index contributed by atoms with van der Waals surface area (Å²) in [4.78, 5) is 26.1. The number of aryl methyl sites for hydroxylation is 1. The normalized spacial score (nSPS) is 13.2. The van der Waals surface area contributed by atoms with Crippen molar-refractivity contribution in [2.45, 2.75) is 27.7 Å². The zero-order valence-corrected chi connectivity index (χ0v) is 16.1. The van der Waals surface area contributed by atoms with Gasteiger partial charge in [-0.2, -0.15) is 0 Å². The van der Waals surface area contributed by atoms with E-state index in [2.05, 4.69) is 15.6 Å². The fourth-order valence-corrected chi connectivity index (χ4v) is 2.56. The molecule has 3 rings (SSSR count). The molecule has 140 valence electrons. The van der Waals surface area contributed by atoms with Gasteiger partial charge >= 0.3 is 0 Å². The Morgan fingerprint density at radius 2 is 1.77 bits per heavy atom. The maximum Gasteiger partial charge on any atom is 0.256 e. The number of hydrogen-bond donors (Lipinski definition) is 3. The fourth-order valence-electron chi connectivity index (χ4n) is 2.56. The molecule has 1 aromatic heterocycles. The lowest BCUT2D eigenvalue weighted by Crippen LogP contribution is -2.03. The summed E-state index contributed by atoms with van der Waals surface area (Å²) < 4.78 is 13.4. The first-order valence-corrected chi connectivity index (χ1v) is 8.48. The monoisotopic (exact) mass is 359 g/mol. The molecule has 0 saturated carbocycles. The third kappa shape index (κ3) is 4.46. The van der Waals surface area contributed by atoms with E-state index < -0.39 is 5.82 Å². The predicted molar refractivity (Wildman–Crippen MR) is 105 cm³/mol. The summed E-state index contributed by atoms with van der Waals surface area (Å²) in [6.45, 7) is 7.60. The Bertz CT molecular complexity index is 823. The molecule has 1 amide bonds. The number of halogens is 1. The quantitative estimate of drug-likeness (QED) is 0.562. The lowest BCUT2D eigenvalue weighted by atomic mass is 10.0. The molecular formula is C20H26FN3O2. The Kier molecular flexibility index (Phi) is 7.93. The van der Waals surface area contributed by atoms with Crippen LogP contribution in [-0.4, -0.2) is 31.3 Å². The number of amides is 1. The van der Waals surface area contributed by atoms with Gasteiger partial charge in [-0.15, -0.1) is 0 Å².